The van der Waals surface area contributed by atoms with Crippen LogP contribution in [0.15, 0.2) is 29.2 Å². The van der Waals surface area contributed by atoms with Crippen LogP contribution in [0.5, 0.6) is 0 Å². The lowest BCUT2D eigenvalue weighted by Gasteiger charge is -2.12. The summed E-state index contributed by atoms with van der Waals surface area (Å²) in [6.07, 6.45) is 0.825. The molecule has 0 atom stereocenters. The monoisotopic (exact) mass is 272 g/mol. The van der Waals surface area contributed by atoms with Gasteiger partial charge in [-0.15, -0.1) is 0 Å². The molecule has 0 heterocycles. The molecule has 0 aliphatic heterocycles. The Labute approximate surface area is 109 Å². The maximum Gasteiger partial charge on any atom is 0.242 e. The van der Waals surface area contributed by atoms with Crippen molar-refractivity contribution in [2.24, 2.45) is 0 Å². The highest BCUT2D eigenvalue weighted by Crippen LogP contribution is 2.20. The molecule has 2 N–H and O–H groups in total. The number of ether oxygens (including phenoxy) is 1. The van der Waals surface area contributed by atoms with Crippen molar-refractivity contribution >= 4 is 15.7 Å². The Balaban J connectivity index is 2.80. The Hall–Kier alpha value is -1.11. The summed E-state index contributed by atoms with van der Waals surface area (Å²) in [5.74, 6) is 0. The standard InChI is InChI=1S/C12H20N2O3S/c1-3-14-18(15,16)12-8-5-4-7-11(12)13-9-6-10-17-2/h4-5,7-8,13-14H,3,6,9-10H2,1-2H3. The number of anilines is 1. The van der Waals surface area contributed by atoms with E-state index in [2.05, 4.69) is 10.0 Å². The molecule has 0 radical (unpaired) electrons. The van der Waals surface area contributed by atoms with Gasteiger partial charge in [-0.1, -0.05) is 19.1 Å². The third kappa shape index (κ3) is 4.29. The number of para-hydroxylation sites is 1. The van der Waals surface area contributed by atoms with Gasteiger partial charge in [-0.05, 0) is 18.6 Å². The first-order chi connectivity index (χ1) is 8.61. The minimum Gasteiger partial charge on any atom is -0.385 e. The van der Waals surface area contributed by atoms with Gasteiger partial charge in [0, 0.05) is 26.8 Å². The lowest BCUT2D eigenvalue weighted by atomic mass is 10.3. The smallest absolute Gasteiger partial charge is 0.242 e. The topological polar surface area (TPSA) is 67.4 Å². The molecule has 0 unspecified atom stereocenters. The number of hydrogen-bond donors (Lipinski definition) is 2. The fourth-order valence-corrected chi connectivity index (χ4v) is 2.78. The predicted molar refractivity (Wildman–Crippen MR) is 72.3 cm³/mol. The van der Waals surface area contributed by atoms with E-state index in [-0.39, 0.29) is 4.90 Å². The molecule has 5 nitrogen and oxygen atoms in total. The van der Waals surface area contributed by atoms with Gasteiger partial charge >= 0.3 is 0 Å². The van der Waals surface area contributed by atoms with E-state index >= 15 is 0 Å². The summed E-state index contributed by atoms with van der Waals surface area (Å²) in [5.41, 5.74) is 0.620. The van der Waals surface area contributed by atoms with Gasteiger partial charge in [-0.2, -0.15) is 0 Å². The Morgan fingerprint density at radius 1 is 1.28 bits per heavy atom. The molecule has 6 heteroatoms. The van der Waals surface area contributed by atoms with E-state index in [1.54, 1.807) is 32.2 Å². The van der Waals surface area contributed by atoms with Gasteiger partial charge in [0.05, 0.1) is 5.69 Å². The van der Waals surface area contributed by atoms with E-state index in [1.807, 2.05) is 6.07 Å². The van der Waals surface area contributed by atoms with Crippen molar-refractivity contribution in [1.29, 1.82) is 0 Å². The van der Waals surface area contributed by atoms with Gasteiger partial charge in [-0.3, -0.25) is 0 Å². The fourth-order valence-electron chi connectivity index (χ4n) is 1.55. The van der Waals surface area contributed by atoms with Crippen LogP contribution in [0.3, 0.4) is 0 Å². The largest absolute Gasteiger partial charge is 0.385 e. The first-order valence-corrected chi connectivity index (χ1v) is 7.41. The van der Waals surface area contributed by atoms with Crippen molar-refractivity contribution in [2.45, 2.75) is 18.2 Å². The highest BCUT2D eigenvalue weighted by atomic mass is 32.2. The minimum atomic E-state index is -3.43. The second-order valence-electron chi connectivity index (χ2n) is 3.77. The summed E-state index contributed by atoms with van der Waals surface area (Å²) in [6, 6.07) is 6.88. The molecule has 0 saturated heterocycles. The molecular weight excluding hydrogens is 252 g/mol. The molecule has 0 aliphatic rings. The molecule has 0 fully saturated rings. The summed E-state index contributed by atoms with van der Waals surface area (Å²) in [5, 5.41) is 3.11. The summed E-state index contributed by atoms with van der Waals surface area (Å²) in [6.45, 7) is 3.45. The highest BCUT2D eigenvalue weighted by Gasteiger charge is 2.16. The summed E-state index contributed by atoms with van der Waals surface area (Å²) in [4.78, 5) is 0.282. The Bertz CT molecular complexity index is 460. The van der Waals surface area contributed by atoms with Crippen molar-refractivity contribution < 1.29 is 13.2 Å². The maximum absolute atomic E-state index is 12.0. The van der Waals surface area contributed by atoms with Crippen LogP contribution in [-0.4, -0.2) is 35.2 Å². The number of sulfonamides is 1. The molecule has 18 heavy (non-hydrogen) atoms. The molecule has 0 aliphatic carbocycles. The van der Waals surface area contributed by atoms with Gasteiger partial charge in [0.15, 0.2) is 0 Å². The van der Waals surface area contributed by atoms with E-state index in [0.717, 1.165) is 6.42 Å². The van der Waals surface area contributed by atoms with Gasteiger partial charge in [0.1, 0.15) is 4.90 Å². The van der Waals surface area contributed by atoms with Crippen LogP contribution in [0, 0.1) is 0 Å². The molecule has 1 rings (SSSR count). The molecule has 1 aromatic carbocycles. The zero-order valence-corrected chi connectivity index (χ0v) is 11.6. The van der Waals surface area contributed by atoms with Crippen molar-refractivity contribution in [2.75, 3.05) is 32.1 Å². The van der Waals surface area contributed by atoms with E-state index < -0.39 is 10.0 Å². The van der Waals surface area contributed by atoms with Gasteiger partial charge in [-0.25, -0.2) is 13.1 Å². The van der Waals surface area contributed by atoms with Crippen LogP contribution in [-0.2, 0) is 14.8 Å². The molecular formula is C12H20N2O3S. The number of rotatable bonds is 8. The number of hydrogen-bond acceptors (Lipinski definition) is 4. The second kappa shape index (κ2) is 7.35. The van der Waals surface area contributed by atoms with Crippen LogP contribution in [0.4, 0.5) is 5.69 Å². The number of benzene rings is 1. The minimum absolute atomic E-state index is 0.282. The van der Waals surface area contributed by atoms with E-state index in [9.17, 15) is 8.42 Å². The van der Waals surface area contributed by atoms with Crippen molar-refractivity contribution in [3.05, 3.63) is 24.3 Å². The molecule has 0 aromatic heterocycles. The normalized spacial score (nSPS) is 11.4. The van der Waals surface area contributed by atoms with Gasteiger partial charge in [0.25, 0.3) is 0 Å². The Kier molecular flexibility index (Phi) is 6.11. The van der Waals surface area contributed by atoms with E-state index in [1.165, 1.54) is 0 Å². The Morgan fingerprint density at radius 2 is 2.00 bits per heavy atom. The molecule has 0 spiro atoms. The first-order valence-electron chi connectivity index (χ1n) is 5.93. The van der Waals surface area contributed by atoms with E-state index in [4.69, 9.17) is 4.74 Å². The van der Waals surface area contributed by atoms with E-state index in [0.29, 0.717) is 25.4 Å². The lowest BCUT2D eigenvalue weighted by molar-refractivity contribution is 0.198. The lowest BCUT2D eigenvalue weighted by Crippen LogP contribution is -2.24. The predicted octanol–water partition coefficient (Wildman–Crippen LogP) is 1.43. The second-order valence-corrected chi connectivity index (χ2v) is 5.51. The summed E-state index contributed by atoms with van der Waals surface area (Å²) in [7, 11) is -1.79. The van der Waals surface area contributed by atoms with Crippen molar-refractivity contribution in [1.82, 2.24) is 4.72 Å². The van der Waals surface area contributed by atoms with Crippen molar-refractivity contribution in [3.8, 4) is 0 Å². The molecule has 0 bridgehead atoms. The van der Waals surface area contributed by atoms with Crippen LogP contribution in [0.2, 0.25) is 0 Å². The van der Waals surface area contributed by atoms with Crippen LogP contribution < -0.4 is 10.0 Å². The van der Waals surface area contributed by atoms with Crippen LogP contribution in [0.1, 0.15) is 13.3 Å². The number of methoxy groups -OCH3 is 1. The fraction of sp³-hybridized carbons (Fsp3) is 0.500. The maximum atomic E-state index is 12.0. The van der Waals surface area contributed by atoms with Crippen LogP contribution in [0.25, 0.3) is 0 Å². The average Bonchev–Trinajstić information content (AvgIpc) is 2.35. The third-order valence-corrected chi connectivity index (χ3v) is 3.96. The zero-order chi connectivity index (χ0) is 13.4. The van der Waals surface area contributed by atoms with Gasteiger partial charge in [0.2, 0.25) is 10.0 Å². The van der Waals surface area contributed by atoms with Gasteiger partial charge < -0.3 is 10.1 Å². The molecule has 0 saturated carbocycles. The quantitative estimate of drug-likeness (QED) is 0.703. The average molecular weight is 272 g/mol. The molecule has 0 amide bonds. The first kappa shape index (κ1) is 14.9. The summed E-state index contributed by atoms with van der Waals surface area (Å²) >= 11 is 0. The van der Waals surface area contributed by atoms with Crippen molar-refractivity contribution in [3.63, 3.8) is 0 Å². The third-order valence-electron chi connectivity index (χ3n) is 2.35. The summed E-state index contributed by atoms with van der Waals surface area (Å²) < 4.78 is 31.4. The Morgan fingerprint density at radius 3 is 2.67 bits per heavy atom. The number of nitrogens with one attached hydrogen (secondary N) is 2. The molecule has 102 valence electrons. The van der Waals surface area contributed by atoms with Crippen LogP contribution >= 0.6 is 0 Å². The highest BCUT2D eigenvalue weighted by molar-refractivity contribution is 7.89. The SMILES string of the molecule is CCNS(=O)(=O)c1ccccc1NCCCOC. The zero-order valence-electron chi connectivity index (χ0n) is 10.8. The molecule has 1 aromatic rings.